The lowest BCUT2D eigenvalue weighted by molar-refractivity contribution is -0.0736. The standard InChI is InChI=1S/C11H23NO2/c1-10(2,14)5-6-12-8-7-9(13)11(8,3)4/h8-9,12-14H,5-7H2,1-4H3. The lowest BCUT2D eigenvalue weighted by Crippen LogP contribution is -2.60. The highest BCUT2D eigenvalue weighted by Gasteiger charge is 2.46. The van der Waals surface area contributed by atoms with Crippen molar-refractivity contribution >= 4 is 0 Å². The smallest absolute Gasteiger partial charge is 0.0621 e. The fraction of sp³-hybridized carbons (Fsp3) is 1.00. The van der Waals surface area contributed by atoms with Gasteiger partial charge in [-0.3, -0.25) is 0 Å². The molecule has 14 heavy (non-hydrogen) atoms. The van der Waals surface area contributed by atoms with E-state index in [0.29, 0.717) is 6.04 Å². The maximum Gasteiger partial charge on any atom is 0.0621 e. The van der Waals surface area contributed by atoms with Crippen LogP contribution in [-0.4, -0.2) is 34.5 Å². The molecule has 0 radical (unpaired) electrons. The molecule has 0 aromatic rings. The van der Waals surface area contributed by atoms with Gasteiger partial charge >= 0.3 is 0 Å². The minimum absolute atomic E-state index is 0.0143. The van der Waals surface area contributed by atoms with Crippen LogP contribution in [0.15, 0.2) is 0 Å². The van der Waals surface area contributed by atoms with Crippen molar-refractivity contribution in [2.45, 2.75) is 58.3 Å². The molecular weight excluding hydrogens is 178 g/mol. The molecule has 1 aliphatic carbocycles. The molecule has 3 N–H and O–H groups in total. The van der Waals surface area contributed by atoms with Gasteiger partial charge in [-0.05, 0) is 33.2 Å². The fourth-order valence-electron chi connectivity index (χ4n) is 1.80. The second-order valence-corrected chi connectivity index (χ2v) is 5.64. The highest BCUT2D eigenvalue weighted by atomic mass is 16.3. The van der Waals surface area contributed by atoms with Crippen molar-refractivity contribution in [1.82, 2.24) is 5.32 Å². The molecule has 0 bridgehead atoms. The zero-order valence-corrected chi connectivity index (χ0v) is 9.67. The van der Waals surface area contributed by atoms with E-state index in [9.17, 15) is 10.2 Å². The molecule has 1 saturated carbocycles. The largest absolute Gasteiger partial charge is 0.392 e. The predicted molar refractivity (Wildman–Crippen MR) is 57.1 cm³/mol. The Bertz CT molecular complexity index is 196. The van der Waals surface area contributed by atoms with Gasteiger partial charge in [0.05, 0.1) is 11.7 Å². The van der Waals surface area contributed by atoms with Gasteiger partial charge in [0, 0.05) is 11.5 Å². The number of aliphatic hydroxyl groups excluding tert-OH is 1. The van der Waals surface area contributed by atoms with Crippen LogP contribution in [0.4, 0.5) is 0 Å². The van der Waals surface area contributed by atoms with Crippen molar-refractivity contribution in [1.29, 1.82) is 0 Å². The molecule has 1 fully saturated rings. The average Bonchev–Trinajstić information content (AvgIpc) is 2.01. The van der Waals surface area contributed by atoms with Crippen LogP contribution in [0.3, 0.4) is 0 Å². The van der Waals surface area contributed by atoms with Crippen LogP contribution in [0.1, 0.15) is 40.5 Å². The molecule has 1 aliphatic rings. The van der Waals surface area contributed by atoms with E-state index in [1.807, 2.05) is 13.8 Å². The Morgan fingerprint density at radius 1 is 1.43 bits per heavy atom. The highest BCUT2D eigenvalue weighted by Crippen LogP contribution is 2.40. The van der Waals surface area contributed by atoms with Gasteiger partial charge in [0.1, 0.15) is 0 Å². The molecule has 0 amide bonds. The van der Waals surface area contributed by atoms with Crippen LogP contribution in [0.25, 0.3) is 0 Å². The number of hydrogen-bond donors (Lipinski definition) is 3. The van der Waals surface area contributed by atoms with Gasteiger partial charge in [-0.2, -0.15) is 0 Å². The maximum absolute atomic E-state index is 9.52. The SMILES string of the molecule is CC(C)(O)CCNC1CC(O)C1(C)C. The first-order valence-electron chi connectivity index (χ1n) is 5.37. The third-order valence-corrected chi connectivity index (χ3v) is 3.34. The first-order chi connectivity index (χ1) is 6.23. The summed E-state index contributed by atoms with van der Waals surface area (Å²) in [6.07, 6.45) is 1.40. The van der Waals surface area contributed by atoms with E-state index in [4.69, 9.17) is 0 Å². The van der Waals surface area contributed by atoms with Gasteiger partial charge in [-0.1, -0.05) is 13.8 Å². The lowest BCUT2D eigenvalue weighted by Gasteiger charge is -2.49. The summed E-state index contributed by atoms with van der Waals surface area (Å²) >= 11 is 0. The first-order valence-corrected chi connectivity index (χ1v) is 5.37. The van der Waals surface area contributed by atoms with E-state index in [1.165, 1.54) is 0 Å². The van der Waals surface area contributed by atoms with Crippen molar-refractivity contribution in [3.63, 3.8) is 0 Å². The lowest BCUT2D eigenvalue weighted by atomic mass is 9.64. The van der Waals surface area contributed by atoms with Gasteiger partial charge in [-0.15, -0.1) is 0 Å². The van der Waals surface area contributed by atoms with Gasteiger partial charge in [0.25, 0.3) is 0 Å². The summed E-state index contributed by atoms with van der Waals surface area (Å²) in [7, 11) is 0. The summed E-state index contributed by atoms with van der Waals surface area (Å²) in [6.45, 7) is 8.58. The van der Waals surface area contributed by atoms with Crippen LogP contribution in [0, 0.1) is 5.41 Å². The molecule has 0 saturated heterocycles. The van der Waals surface area contributed by atoms with E-state index >= 15 is 0 Å². The average molecular weight is 201 g/mol. The van der Waals surface area contributed by atoms with Crippen LogP contribution in [0.2, 0.25) is 0 Å². The Morgan fingerprint density at radius 2 is 2.00 bits per heavy atom. The molecule has 2 unspecified atom stereocenters. The molecule has 0 heterocycles. The summed E-state index contributed by atoms with van der Waals surface area (Å²) in [6, 6.07) is 0.389. The van der Waals surface area contributed by atoms with Gasteiger partial charge < -0.3 is 15.5 Å². The van der Waals surface area contributed by atoms with Gasteiger partial charge in [0.2, 0.25) is 0 Å². The number of nitrogens with one attached hydrogen (secondary N) is 1. The number of hydrogen-bond acceptors (Lipinski definition) is 3. The number of aliphatic hydroxyl groups is 2. The van der Waals surface area contributed by atoms with E-state index < -0.39 is 5.60 Å². The van der Waals surface area contributed by atoms with Crippen LogP contribution < -0.4 is 5.32 Å². The second-order valence-electron chi connectivity index (χ2n) is 5.64. The third kappa shape index (κ3) is 2.69. The van der Waals surface area contributed by atoms with Crippen molar-refractivity contribution in [3.05, 3.63) is 0 Å². The van der Waals surface area contributed by atoms with Gasteiger partial charge in [0.15, 0.2) is 0 Å². The van der Waals surface area contributed by atoms with Crippen molar-refractivity contribution in [2.24, 2.45) is 5.41 Å². The summed E-state index contributed by atoms with van der Waals surface area (Å²) in [4.78, 5) is 0. The Labute approximate surface area is 86.5 Å². The molecule has 3 nitrogen and oxygen atoms in total. The Balaban J connectivity index is 2.22. The minimum Gasteiger partial charge on any atom is -0.392 e. The van der Waals surface area contributed by atoms with Crippen molar-refractivity contribution in [3.8, 4) is 0 Å². The fourth-order valence-corrected chi connectivity index (χ4v) is 1.80. The minimum atomic E-state index is -0.598. The van der Waals surface area contributed by atoms with E-state index in [0.717, 1.165) is 19.4 Å². The molecule has 0 aromatic heterocycles. The molecule has 2 atom stereocenters. The maximum atomic E-state index is 9.52. The molecule has 0 aromatic carbocycles. The summed E-state index contributed by atoms with van der Waals surface area (Å²) in [5.41, 5.74) is -0.612. The summed E-state index contributed by atoms with van der Waals surface area (Å²) < 4.78 is 0. The monoisotopic (exact) mass is 201 g/mol. The third-order valence-electron chi connectivity index (χ3n) is 3.34. The first kappa shape index (κ1) is 12.0. The normalized spacial score (nSPS) is 31.3. The topological polar surface area (TPSA) is 52.5 Å². The highest BCUT2D eigenvalue weighted by molar-refractivity contribution is 5.01. The quantitative estimate of drug-likeness (QED) is 0.633. The number of rotatable bonds is 4. The van der Waals surface area contributed by atoms with Crippen LogP contribution in [0.5, 0.6) is 0 Å². The molecule has 3 heteroatoms. The molecule has 0 spiro atoms. The molecule has 1 rings (SSSR count). The van der Waals surface area contributed by atoms with Crippen LogP contribution >= 0.6 is 0 Å². The molecular formula is C11H23NO2. The molecule has 0 aliphatic heterocycles. The predicted octanol–water partition coefficient (Wildman–Crippen LogP) is 0.896. The Kier molecular flexibility index (Phi) is 3.24. The molecule has 84 valence electrons. The van der Waals surface area contributed by atoms with E-state index in [2.05, 4.69) is 19.2 Å². The van der Waals surface area contributed by atoms with Crippen molar-refractivity contribution < 1.29 is 10.2 Å². The zero-order chi connectivity index (χ0) is 11.0. The van der Waals surface area contributed by atoms with Crippen molar-refractivity contribution in [2.75, 3.05) is 6.54 Å². The Morgan fingerprint density at radius 3 is 2.36 bits per heavy atom. The Hall–Kier alpha value is -0.120. The second kappa shape index (κ2) is 3.80. The summed E-state index contributed by atoms with van der Waals surface area (Å²) in [5, 5.41) is 22.4. The van der Waals surface area contributed by atoms with E-state index in [-0.39, 0.29) is 11.5 Å². The zero-order valence-electron chi connectivity index (χ0n) is 9.67. The van der Waals surface area contributed by atoms with Crippen LogP contribution in [-0.2, 0) is 0 Å². The van der Waals surface area contributed by atoms with Gasteiger partial charge in [-0.25, -0.2) is 0 Å². The summed E-state index contributed by atoms with van der Waals surface area (Å²) in [5.74, 6) is 0. The van der Waals surface area contributed by atoms with E-state index in [1.54, 1.807) is 0 Å².